The quantitative estimate of drug-likeness (QED) is 0.577. The minimum absolute atomic E-state index is 0. The zero-order valence-corrected chi connectivity index (χ0v) is 16.5. The van der Waals surface area contributed by atoms with Gasteiger partial charge >= 0.3 is 0 Å². The predicted octanol–water partition coefficient (Wildman–Crippen LogP) is -1.69. The molecule has 0 saturated carbocycles. The molecule has 4 nitrogen and oxygen atoms in total. The summed E-state index contributed by atoms with van der Waals surface area (Å²) in [6, 6.07) is 18.3. The molecule has 2 aromatic rings. The van der Waals surface area contributed by atoms with E-state index >= 15 is 0 Å². The molecule has 26 heavy (non-hydrogen) atoms. The first-order chi connectivity index (χ1) is 12.0. The second-order valence-corrected chi connectivity index (χ2v) is 6.38. The van der Waals surface area contributed by atoms with Crippen LogP contribution < -0.4 is 17.3 Å². The Labute approximate surface area is 162 Å². The monoisotopic (exact) mass is 376 g/mol. The van der Waals surface area contributed by atoms with E-state index < -0.39 is 5.60 Å². The Morgan fingerprint density at radius 1 is 0.962 bits per heavy atom. The first kappa shape index (κ1) is 22.2. The van der Waals surface area contributed by atoms with Crippen molar-refractivity contribution in [1.82, 2.24) is 4.90 Å². The molecule has 0 aliphatic carbocycles. The molecule has 0 atom stereocenters. The molecule has 2 aromatic carbocycles. The summed E-state index contributed by atoms with van der Waals surface area (Å²) >= 11 is 0. The molecule has 142 valence electrons. The average Bonchev–Trinajstić information content (AvgIpc) is 2.68. The molecule has 1 amide bonds. The number of quaternary nitrogens is 1. The highest BCUT2D eigenvalue weighted by molar-refractivity contribution is 5.90. The van der Waals surface area contributed by atoms with Gasteiger partial charge in [-0.15, -0.1) is 0 Å². The number of nitrogens with one attached hydrogen (secondary N) is 1. The van der Waals surface area contributed by atoms with Crippen LogP contribution in [0.3, 0.4) is 0 Å². The Kier molecular flexibility index (Phi) is 8.79. The van der Waals surface area contributed by atoms with Crippen LogP contribution in [-0.2, 0) is 10.4 Å². The van der Waals surface area contributed by atoms with Crippen LogP contribution in [-0.4, -0.2) is 49.1 Å². The van der Waals surface area contributed by atoms with Crippen molar-refractivity contribution >= 4 is 5.91 Å². The summed E-state index contributed by atoms with van der Waals surface area (Å²) in [6.07, 6.45) is 0. The highest BCUT2D eigenvalue weighted by Crippen LogP contribution is 2.31. The van der Waals surface area contributed by atoms with Crippen molar-refractivity contribution in [1.29, 1.82) is 0 Å². The Bertz CT molecular complexity index is 621. The van der Waals surface area contributed by atoms with E-state index in [9.17, 15) is 9.90 Å². The zero-order chi connectivity index (χ0) is 18.3. The molecule has 0 bridgehead atoms. The normalized spacial score (nSPS) is 11.1. The zero-order valence-electron chi connectivity index (χ0n) is 15.8. The van der Waals surface area contributed by atoms with Gasteiger partial charge in [-0.2, -0.15) is 0 Å². The van der Waals surface area contributed by atoms with E-state index in [4.69, 9.17) is 0 Å². The summed E-state index contributed by atoms with van der Waals surface area (Å²) < 4.78 is 0. The number of rotatable bonds is 8. The van der Waals surface area contributed by atoms with Crippen LogP contribution in [0.25, 0.3) is 0 Å². The molecule has 0 radical (unpaired) electrons. The van der Waals surface area contributed by atoms with Crippen molar-refractivity contribution in [2.45, 2.75) is 19.4 Å². The van der Waals surface area contributed by atoms with Gasteiger partial charge in [-0.1, -0.05) is 60.7 Å². The van der Waals surface area contributed by atoms with E-state index in [0.717, 1.165) is 19.6 Å². The Hall–Kier alpha value is -1.88. The second kappa shape index (κ2) is 10.3. The van der Waals surface area contributed by atoms with Gasteiger partial charge in [0.05, 0.1) is 26.2 Å². The largest absolute Gasteiger partial charge is 1.00 e. The van der Waals surface area contributed by atoms with E-state index in [1.807, 2.05) is 36.4 Å². The molecule has 0 saturated heterocycles. The lowest BCUT2D eigenvalue weighted by molar-refractivity contribution is -0.895. The number of hydrogen-bond acceptors (Lipinski definition) is 2. The minimum atomic E-state index is -1.67. The van der Waals surface area contributed by atoms with Crippen LogP contribution in [0.2, 0.25) is 0 Å². The summed E-state index contributed by atoms with van der Waals surface area (Å²) in [5.74, 6) is -0.295. The highest BCUT2D eigenvalue weighted by atomic mass is 35.5. The summed E-state index contributed by atoms with van der Waals surface area (Å²) in [4.78, 5) is 16.3. The molecule has 0 fully saturated rings. The number of halogens is 1. The molecule has 5 heteroatoms. The number of aliphatic hydroxyl groups is 1. The third-order valence-corrected chi connectivity index (χ3v) is 4.84. The number of likely N-dealkylation sites (N-methyl/N-ethyl adjacent to an activating group) is 2. The van der Waals surface area contributed by atoms with Gasteiger partial charge in [0.1, 0.15) is 0 Å². The smallest absolute Gasteiger partial charge is 0.263 e. The van der Waals surface area contributed by atoms with Gasteiger partial charge < -0.3 is 27.3 Å². The van der Waals surface area contributed by atoms with Crippen LogP contribution in [0, 0.1) is 0 Å². The van der Waals surface area contributed by atoms with Gasteiger partial charge in [0, 0.05) is 7.05 Å². The number of benzene rings is 2. The fourth-order valence-corrected chi connectivity index (χ4v) is 3.08. The van der Waals surface area contributed by atoms with Crippen molar-refractivity contribution in [2.24, 2.45) is 0 Å². The minimum Gasteiger partial charge on any atom is -1.00 e. The first-order valence-corrected chi connectivity index (χ1v) is 8.96. The standard InChI is InChI=1S/C21H28N2O2.ClH/c1-4-23(5-2)17-16-22(3)20(24)21(25,18-12-8-6-9-13-18)19-14-10-7-11-15-19;/h6-15,25H,4-5,16-17H2,1-3H3;1H. The van der Waals surface area contributed by atoms with Crippen LogP contribution in [0.15, 0.2) is 60.7 Å². The van der Waals surface area contributed by atoms with Crippen LogP contribution in [0.5, 0.6) is 0 Å². The molecule has 2 N–H and O–H groups in total. The third kappa shape index (κ3) is 4.85. The van der Waals surface area contributed by atoms with Crippen molar-refractivity contribution in [3.05, 3.63) is 71.8 Å². The van der Waals surface area contributed by atoms with Gasteiger partial charge in [-0.3, -0.25) is 4.79 Å². The predicted molar refractivity (Wildman–Crippen MR) is 100 cm³/mol. The van der Waals surface area contributed by atoms with E-state index in [0.29, 0.717) is 17.7 Å². The molecule has 0 heterocycles. The van der Waals surface area contributed by atoms with Gasteiger partial charge in [-0.05, 0) is 25.0 Å². The van der Waals surface area contributed by atoms with Crippen LogP contribution >= 0.6 is 0 Å². The molecular weight excluding hydrogens is 348 g/mol. The molecule has 0 unspecified atom stereocenters. The summed E-state index contributed by atoms with van der Waals surface area (Å²) in [5.41, 5.74) is -0.489. The summed E-state index contributed by atoms with van der Waals surface area (Å²) in [7, 11) is 1.77. The lowest BCUT2D eigenvalue weighted by atomic mass is 9.85. The van der Waals surface area contributed by atoms with E-state index in [1.165, 1.54) is 4.90 Å². The van der Waals surface area contributed by atoms with Crippen molar-refractivity contribution in [2.75, 3.05) is 33.2 Å². The molecule has 0 aliphatic heterocycles. The van der Waals surface area contributed by atoms with E-state index in [2.05, 4.69) is 13.8 Å². The van der Waals surface area contributed by atoms with Crippen LogP contribution in [0.1, 0.15) is 25.0 Å². The Morgan fingerprint density at radius 2 is 1.38 bits per heavy atom. The van der Waals surface area contributed by atoms with Crippen molar-refractivity contribution < 1.29 is 27.2 Å². The lowest BCUT2D eigenvalue weighted by Gasteiger charge is -2.32. The van der Waals surface area contributed by atoms with E-state index in [-0.39, 0.29) is 18.3 Å². The maximum absolute atomic E-state index is 13.2. The summed E-state index contributed by atoms with van der Waals surface area (Å²) in [6.45, 7) is 7.82. The maximum Gasteiger partial charge on any atom is 0.263 e. The Balaban J connectivity index is 0.00000338. The SMILES string of the molecule is CC[NH+](CC)CCN(C)C(=O)C(O)(c1ccccc1)c1ccccc1.[Cl-]. The average molecular weight is 377 g/mol. The van der Waals surface area contributed by atoms with Gasteiger partial charge in [0.15, 0.2) is 5.60 Å². The first-order valence-electron chi connectivity index (χ1n) is 8.96. The fraction of sp³-hybridized carbons (Fsp3) is 0.381. The second-order valence-electron chi connectivity index (χ2n) is 6.38. The highest BCUT2D eigenvalue weighted by Gasteiger charge is 2.41. The fourth-order valence-electron chi connectivity index (χ4n) is 3.08. The number of nitrogens with zero attached hydrogens (tertiary/aromatic N) is 1. The molecule has 0 aromatic heterocycles. The third-order valence-electron chi connectivity index (χ3n) is 4.84. The number of hydrogen-bond donors (Lipinski definition) is 2. The summed E-state index contributed by atoms with van der Waals surface area (Å²) in [5, 5.41) is 11.5. The lowest BCUT2D eigenvalue weighted by Crippen LogP contribution is -3.12. The number of carbonyl (C=O) groups is 1. The van der Waals surface area contributed by atoms with Crippen molar-refractivity contribution in [3.63, 3.8) is 0 Å². The van der Waals surface area contributed by atoms with Gasteiger partial charge in [-0.25, -0.2) is 0 Å². The van der Waals surface area contributed by atoms with Gasteiger partial charge in [0.2, 0.25) is 0 Å². The maximum atomic E-state index is 13.2. The molecule has 0 spiro atoms. The Morgan fingerprint density at radius 3 is 1.77 bits per heavy atom. The molecule has 2 rings (SSSR count). The number of amides is 1. The molecule has 0 aliphatic rings. The van der Waals surface area contributed by atoms with Crippen molar-refractivity contribution in [3.8, 4) is 0 Å². The topological polar surface area (TPSA) is 45.0 Å². The molecular formula is C21H29ClN2O2. The van der Waals surface area contributed by atoms with Gasteiger partial charge in [0.25, 0.3) is 5.91 Å². The van der Waals surface area contributed by atoms with Crippen LogP contribution in [0.4, 0.5) is 0 Å². The number of carbonyl (C=O) groups excluding carboxylic acids is 1. The van der Waals surface area contributed by atoms with E-state index in [1.54, 1.807) is 36.2 Å².